The highest BCUT2D eigenvalue weighted by Crippen LogP contribution is 2.46. The number of hydrogen-bond donors (Lipinski definition) is 0. The van der Waals surface area contributed by atoms with Crippen LogP contribution in [-0.4, -0.2) is 17.7 Å². The first-order valence-corrected chi connectivity index (χ1v) is 5.77. The molecule has 0 saturated carbocycles. The van der Waals surface area contributed by atoms with Gasteiger partial charge in [0.25, 0.3) is 0 Å². The number of carbonyl (C=O) groups is 2. The summed E-state index contributed by atoms with van der Waals surface area (Å²) in [5.41, 5.74) is -0.849. The van der Waals surface area contributed by atoms with E-state index in [2.05, 4.69) is 19.6 Å². The SMILES string of the molecule is CC(C)(C)CC(=O)OOC(=O)C1(C(C)(C)C)OO1. The Bertz CT molecular complexity index is 343. The van der Waals surface area contributed by atoms with Crippen LogP contribution >= 0.6 is 0 Å². The first kappa shape index (κ1) is 14.9. The summed E-state index contributed by atoms with van der Waals surface area (Å²) in [6.45, 7) is 10.9. The van der Waals surface area contributed by atoms with Crippen molar-refractivity contribution in [2.45, 2.75) is 53.8 Å². The number of hydrogen-bond acceptors (Lipinski definition) is 6. The van der Waals surface area contributed by atoms with Gasteiger partial charge in [0.05, 0.1) is 6.42 Å². The van der Waals surface area contributed by atoms with Crippen molar-refractivity contribution < 1.29 is 29.1 Å². The summed E-state index contributed by atoms with van der Waals surface area (Å²) in [5.74, 6) is -2.95. The van der Waals surface area contributed by atoms with Crippen LogP contribution in [0.5, 0.6) is 0 Å². The molecule has 0 atom stereocenters. The highest BCUT2D eigenvalue weighted by molar-refractivity contribution is 5.81. The van der Waals surface area contributed by atoms with Crippen LogP contribution in [0.2, 0.25) is 0 Å². The third-order valence-corrected chi connectivity index (χ3v) is 2.39. The van der Waals surface area contributed by atoms with Crippen LogP contribution in [0.15, 0.2) is 0 Å². The van der Waals surface area contributed by atoms with Crippen LogP contribution in [0.3, 0.4) is 0 Å². The van der Waals surface area contributed by atoms with E-state index in [0.29, 0.717) is 0 Å². The van der Waals surface area contributed by atoms with Crippen molar-refractivity contribution in [3.63, 3.8) is 0 Å². The molecule has 0 N–H and O–H groups in total. The van der Waals surface area contributed by atoms with Gasteiger partial charge in [-0.25, -0.2) is 19.4 Å². The lowest BCUT2D eigenvalue weighted by molar-refractivity contribution is -0.267. The molecule has 0 spiro atoms. The quantitative estimate of drug-likeness (QED) is 0.430. The third kappa shape index (κ3) is 3.43. The van der Waals surface area contributed by atoms with Gasteiger partial charge in [-0.1, -0.05) is 41.5 Å². The minimum Gasteiger partial charge on any atom is -0.247 e. The van der Waals surface area contributed by atoms with Gasteiger partial charge in [0.1, 0.15) is 0 Å². The van der Waals surface area contributed by atoms with Crippen LogP contribution in [0.25, 0.3) is 0 Å². The highest BCUT2D eigenvalue weighted by atomic mass is 17.4. The molecule has 1 aliphatic rings. The number of rotatable bonds is 2. The Morgan fingerprint density at radius 1 is 1.00 bits per heavy atom. The molecule has 0 aromatic carbocycles. The summed E-state index contributed by atoms with van der Waals surface area (Å²) >= 11 is 0. The van der Waals surface area contributed by atoms with E-state index < -0.39 is 23.1 Å². The van der Waals surface area contributed by atoms with E-state index in [4.69, 9.17) is 0 Å². The molecule has 0 amide bonds. The zero-order valence-electron chi connectivity index (χ0n) is 11.7. The summed E-state index contributed by atoms with van der Waals surface area (Å²) in [7, 11) is 0. The van der Waals surface area contributed by atoms with Crippen molar-refractivity contribution in [3.05, 3.63) is 0 Å². The minimum absolute atomic E-state index is 0.143. The van der Waals surface area contributed by atoms with E-state index in [1.165, 1.54) is 0 Å². The fraction of sp³-hybridized carbons (Fsp3) is 0.833. The van der Waals surface area contributed by atoms with Gasteiger partial charge in [0, 0.05) is 5.41 Å². The molecule has 0 bridgehead atoms. The van der Waals surface area contributed by atoms with E-state index in [-0.39, 0.29) is 11.8 Å². The fourth-order valence-corrected chi connectivity index (χ4v) is 1.27. The Labute approximate surface area is 106 Å². The van der Waals surface area contributed by atoms with Crippen molar-refractivity contribution in [2.75, 3.05) is 0 Å². The van der Waals surface area contributed by atoms with E-state index in [9.17, 15) is 9.59 Å². The molecule has 1 rings (SSSR count). The smallest absolute Gasteiger partial charge is 0.247 e. The van der Waals surface area contributed by atoms with Crippen LogP contribution < -0.4 is 0 Å². The third-order valence-electron chi connectivity index (χ3n) is 2.39. The molecule has 6 heteroatoms. The zero-order valence-corrected chi connectivity index (χ0v) is 11.7. The molecule has 0 unspecified atom stereocenters. The maximum Gasteiger partial charge on any atom is 0.420 e. The molecule has 0 aliphatic carbocycles. The first-order valence-electron chi connectivity index (χ1n) is 5.77. The van der Waals surface area contributed by atoms with Gasteiger partial charge in [-0.05, 0) is 5.41 Å². The molecular formula is C12H20O6. The van der Waals surface area contributed by atoms with Crippen molar-refractivity contribution in [3.8, 4) is 0 Å². The van der Waals surface area contributed by atoms with E-state index in [1.54, 1.807) is 20.8 Å². The molecule has 104 valence electrons. The van der Waals surface area contributed by atoms with Crippen LogP contribution in [0.1, 0.15) is 48.0 Å². The second-order valence-electron chi connectivity index (χ2n) is 6.60. The molecule has 0 aromatic heterocycles. The summed E-state index contributed by atoms with van der Waals surface area (Å²) in [6.07, 6.45) is 0.143. The van der Waals surface area contributed by atoms with Crippen molar-refractivity contribution in [1.82, 2.24) is 0 Å². The molecule has 6 nitrogen and oxygen atoms in total. The standard InChI is InChI=1S/C12H20O6/c1-10(2,3)7-8(13)15-16-9(14)12(17-18-12)11(4,5)6/h7H2,1-6H3. The van der Waals surface area contributed by atoms with Crippen molar-refractivity contribution in [2.24, 2.45) is 10.8 Å². The summed E-state index contributed by atoms with van der Waals surface area (Å²) in [4.78, 5) is 41.4. The lowest BCUT2D eigenvalue weighted by Crippen LogP contribution is -2.39. The van der Waals surface area contributed by atoms with Gasteiger partial charge >= 0.3 is 17.7 Å². The topological polar surface area (TPSA) is 77.7 Å². The normalized spacial score (nSPS) is 18.1. The van der Waals surface area contributed by atoms with Gasteiger partial charge < -0.3 is 0 Å². The lowest BCUT2D eigenvalue weighted by atomic mass is 9.87. The Hall–Kier alpha value is -1.14. The number of carbonyl (C=O) groups excluding carboxylic acids is 2. The molecule has 1 saturated heterocycles. The molecule has 1 aliphatic heterocycles. The first-order chi connectivity index (χ1) is 7.98. The molecule has 1 fully saturated rings. The van der Waals surface area contributed by atoms with Crippen LogP contribution in [0, 0.1) is 10.8 Å². The van der Waals surface area contributed by atoms with Gasteiger partial charge in [0.2, 0.25) is 0 Å². The molecule has 1 heterocycles. The lowest BCUT2D eigenvalue weighted by Gasteiger charge is -2.20. The average molecular weight is 260 g/mol. The van der Waals surface area contributed by atoms with Crippen molar-refractivity contribution >= 4 is 11.9 Å². The second-order valence-corrected chi connectivity index (χ2v) is 6.60. The largest absolute Gasteiger partial charge is 0.420 e. The predicted octanol–water partition coefficient (Wildman–Crippen LogP) is 2.13. The summed E-state index contributed by atoms with van der Waals surface area (Å²) < 4.78 is 0. The van der Waals surface area contributed by atoms with Crippen LogP contribution in [-0.2, 0) is 29.1 Å². The minimum atomic E-state index is -1.48. The maximum absolute atomic E-state index is 11.7. The highest BCUT2D eigenvalue weighted by Gasteiger charge is 2.67. The predicted molar refractivity (Wildman–Crippen MR) is 60.6 cm³/mol. The van der Waals surface area contributed by atoms with Gasteiger partial charge in [-0.2, -0.15) is 9.78 Å². The van der Waals surface area contributed by atoms with Crippen molar-refractivity contribution in [1.29, 1.82) is 0 Å². The molecular weight excluding hydrogens is 240 g/mol. The van der Waals surface area contributed by atoms with Crippen LogP contribution in [0.4, 0.5) is 0 Å². The Morgan fingerprint density at radius 3 is 1.83 bits per heavy atom. The van der Waals surface area contributed by atoms with E-state index in [0.717, 1.165) is 0 Å². The molecule has 0 aromatic rings. The summed E-state index contributed by atoms with van der Waals surface area (Å²) in [6, 6.07) is 0. The molecule has 0 radical (unpaired) electrons. The average Bonchev–Trinajstić information content (AvgIpc) is 2.90. The zero-order chi connectivity index (χ0) is 14.2. The molecule has 18 heavy (non-hydrogen) atoms. The second kappa shape index (κ2) is 4.51. The fourth-order valence-electron chi connectivity index (χ4n) is 1.27. The van der Waals surface area contributed by atoms with Gasteiger partial charge in [0.15, 0.2) is 0 Å². The van der Waals surface area contributed by atoms with E-state index in [1.807, 2.05) is 20.8 Å². The van der Waals surface area contributed by atoms with Gasteiger partial charge in [-0.3, -0.25) is 0 Å². The maximum atomic E-state index is 11.7. The summed E-state index contributed by atoms with van der Waals surface area (Å²) in [5, 5.41) is 0. The Morgan fingerprint density at radius 2 is 1.50 bits per heavy atom. The Kier molecular flexibility index (Phi) is 3.74. The Balaban J connectivity index is 2.46. The van der Waals surface area contributed by atoms with E-state index >= 15 is 0 Å². The monoisotopic (exact) mass is 260 g/mol. The van der Waals surface area contributed by atoms with Gasteiger partial charge in [-0.15, -0.1) is 0 Å².